The molecule has 0 saturated heterocycles. The lowest BCUT2D eigenvalue weighted by atomic mass is 10.2. The second kappa shape index (κ2) is 8.22. The number of esters is 1. The van der Waals surface area contributed by atoms with Crippen molar-refractivity contribution in [1.82, 2.24) is 9.61 Å². The summed E-state index contributed by atoms with van der Waals surface area (Å²) in [4.78, 5) is 24.2. The van der Waals surface area contributed by atoms with Crippen LogP contribution in [0.5, 0.6) is 11.5 Å². The van der Waals surface area contributed by atoms with E-state index in [-0.39, 0.29) is 19.1 Å². The van der Waals surface area contributed by atoms with E-state index >= 15 is 0 Å². The molecule has 0 aliphatic carbocycles. The summed E-state index contributed by atoms with van der Waals surface area (Å²) < 4.78 is 17.2. The maximum Gasteiger partial charge on any atom is 0.341 e. The first-order valence-corrected chi connectivity index (χ1v) is 8.32. The predicted octanol–water partition coefficient (Wildman–Crippen LogP) is 2.54. The van der Waals surface area contributed by atoms with Gasteiger partial charge in [0, 0.05) is 11.9 Å². The molecule has 8 heteroatoms. The van der Waals surface area contributed by atoms with Crippen LogP contribution >= 0.6 is 0 Å². The minimum atomic E-state index is -0.463. The largest absolute Gasteiger partial charge is 0.493 e. The van der Waals surface area contributed by atoms with E-state index in [9.17, 15) is 9.59 Å². The zero-order valence-electron chi connectivity index (χ0n) is 15.0. The summed E-state index contributed by atoms with van der Waals surface area (Å²) in [5.74, 6) is 0.217. The maximum atomic E-state index is 12.2. The van der Waals surface area contributed by atoms with Crippen LogP contribution < -0.4 is 14.8 Å². The average molecular weight is 369 g/mol. The molecule has 0 radical (unpaired) electrons. The fourth-order valence-corrected chi connectivity index (χ4v) is 2.50. The zero-order valence-corrected chi connectivity index (χ0v) is 15.0. The van der Waals surface area contributed by atoms with E-state index in [0.717, 1.165) is 0 Å². The van der Waals surface area contributed by atoms with Crippen molar-refractivity contribution in [3.8, 4) is 11.5 Å². The molecular formula is C19H19N3O5. The van der Waals surface area contributed by atoms with Gasteiger partial charge in [-0.2, -0.15) is 5.10 Å². The first-order valence-electron chi connectivity index (χ1n) is 8.32. The van der Waals surface area contributed by atoms with Crippen LogP contribution in [0.2, 0.25) is 0 Å². The number of pyridine rings is 1. The Kier molecular flexibility index (Phi) is 5.55. The first kappa shape index (κ1) is 18.2. The third kappa shape index (κ3) is 4.17. The fourth-order valence-electron chi connectivity index (χ4n) is 2.50. The summed E-state index contributed by atoms with van der Waals surface area (Å²) in [7, 11) is 1.53. The lowest BCUT2D eigenvalue weighted by molar-refractivity contribution is -0.118. The van der Waals surface area contributed by atoms with E-state index in [1.54, 1.807) is 43.5 Å². The molecule has 27 heavy (non-hydrogen) atoms. The molecule has 0 saturated carbocycles. The summed E-state index contributed by atoms with van der Waals surface area (Å²) in [6.45, 7) is 1.82. The van der Waals surface area contributed by atoms with Crippen LogP contribution in [0.15, 0.2) is 48.8 Å². The van der Waals surface area contributed by atoms with Gasteiger partial charge in [-0.05, 0) is 31.2 Å². The minimum absolute atomic E-state index is 0.185. The molecule has 0 atom stereocenters. The molecule has 0 bridgehead atoms. The van der Waals surface area contributed by atoms with Gasteiger partial charge in [0.15, 0.2) is 18.1 Å². The second-order valence-electron chi connectivity index (χ2n) is 5.51. The number of benzene rings is 1. The number of hydrogen-bond acceptors (Lipinski definition) is 6. The number of hydrogen-bond donors (Lipinski definition) is 1. The molecule has 8 nitrogen and oxygen atoms in total. The summed E-state index contributed by atoms with van der Waals surface area (Å²) >= 11 is 0. The van der Waals surface area contributed by atoms with Gasteiger partial charge in [-0.3, -0.25) is 4.79 Å². The third-order valence-corrected chi connectivity index (χ3v) is 3.73. The summed E-state index contributed by atoms with van der Waals surface area (Å²) in [5.41, 5.74) is 1.39. The Balaban J connectivity index is 1.69. The Morgan fingerprint density at radius 1 is 1.19 bits per heavy atom. The van der Waals surface area contributed by atoms with Gasteiger partial charge in [-0.1, -0.05) is 12.1 Å². The topological polar surface area (TPSA) is 91.2 Å². The first-order chi connectivity index (χ1) is 13.1. The smallest absolute Gasteiger partial charge is 0.341 e. The predicted molar refractivity (Wildman–Crippen MR) is 98.3 cm³/mol. The van der Waals surface area contributed by atoms with Crippen molar-refractivity contribution in [3.63, 3.8) is 0 Å². The molecule has 1 aromatic carbocycles. The average Bonchev–Trinajstić information content (AvgIpc) is 3.10. The number of nitrogens with one attached hydrogen (secondary N) is 1. The maximum absolute atomic E-state index is 12.2. The quantitative estimate of drug-likeness (QED) is 0.644. The highest BCUT2D eigenvalue weighted by Gasteiger charge is 2.15. The minimum Gasteiger partial charge on any atom is -0.493 e. The SMILES string of the molecule is CCOC(=O)c1cnn2ccc(NC(=O)COc3ccccc3OC)cc12. The monoisotopic (exact) mass is 369 g/mol. The Morgan fingerprint density at radius 2 is 1.96 bits per heavy atom. The van der Waals surface area contributed by atoms with Gasteiger partial charge in [0.05, 0.1) is 25.4 Å². The number of para-hydroxylation sites is 2. The number of methoxy groups -OCH3 is 1. The molecule has 0 fully saturated rings. The number of carbonyl (C=O) groups excluding carboxylic acids is 2. The number of anilines is 1. The molecule has 140 valence electrons. The van der Waals surface area contributed by atoms with Gasteiger partial charge in [-0.15, -0.1) is 0 Å². The molecule has 0 aliphatic rings. The lowest BCUT2D eigenvalue weighted by Gasteiger charge is -2.10. The highest BCUT2D eigenvalue weighted by molar-refractivity contribution is 5.98. The van der Waals surface area contributed by atoms with E-state index in [1.165, 1.54) is 17.8 Å². The zero-order chi connectivity index (χ0) is 19.2. The molecule has 0 spiro atoms. The molecular weight excluding hydrogens is 350 g/mol. The van der Waals surface area contributed by atoms with E-state index in [0.29, 0.717) is 28.3 Å². The Labute approximate surface area is 155 Å². The molecule has 3 aromatic rings. The summed E-state index contributed by atoms with van der Waals surface area (Å²) in [6.07, 6.45) is 3.08. The number of rotatable bonds is 7. The number of fused-ring (bicyclic) bond motifs is 1. The molecule has 0 aliphatic heterocycles. The second-order valence-corrected chi connectivity index (χ2v) is 5.51. The van der Waals surface area contributed by atoms with Crippen molar-refractivity contribution in [2.45, 2.75) is 6.92 Å². The molecule has 1 amide bonds. The number of aromatic nitrogens is 2. The van der Waals surface area contributed by atoms with Gasteiger partial charge < -0.3 is 19.5 Å². The molecule has 0 unspecified atom stereocenters. The van der Waals surface area contributed by atoms with Crippen molar-refractivity contribution in [3.05, 3.63) is 54.4 Å². The van der Waals surface area contributed by atoms with Gasteiger partial charge >= 0.3 is 5.97 Å². The highest BCUT2D eigenvalue weighted by atomic mass is 16.5. The Hall–Kier alpha value is -3.55. The van der Waals surface area contributed by atoms with Crippen LogP contribution in [-0.4, -0.2) is 41.8 Å². The van der Waals surface area contributed by atoms with Crippen molar-refractivity contribution < 1.29 is 23.8 Å². The lowest BCUT2D eigenvalue weighted by Crippen LogP contribution is -2.20. The van der Waals surface area contributed by atoms with Gasteiger partial charge in [0.25, 0.3) is 5.91 Å². The molecule has 3 rings (SSSR count). The van der Waals surface area contributed by atoms with Crippen molar-refractivity contribution in [2.75, 3.05) is 25.6 Å². The van der Waals surface area contributed by atoms with Crippen LogP contribution in [0.25, 0.3) is 5.52 Å². The van der Waals surface area contributed by atoms with E-state index in [1.807, 2.05) is 6.07 Å². The van der Waals surface area contributed by atoms with E-state index in [4.69, 9.17) is 14.2 Å². The standard InChI is InChI=1S/C19H19N3O5/c1-3-26-19(24)14-11-20-22-9-8-13(10-15(14)22)21-18(23)12-27-17-7-5-4-6-16(17)25-2/h4-11H,3,12H2,1-2H3,(H,21,23). The number of amides is 1. The van der Waals surface area contributed by atoms with Crippen LogP contribution in [0.4, 0.5) is 5.69 Å². The number of carbonyl (C=O) groups is 2. The summed E-state index contributed by atoms with van der Waals surface area (Å²) in [6, 6.07) is 10.4. The van der Waals surface area contributed by atoms with Gasteiger partial charge in [0.2, 0.25) is 0 Å². The van der Waals surface area contributed by atoms with Gasteiger partial charge in [0.1, 0.15) is 5.56 Å². The van der Waals surface area contributed by atoms with Crippen molar-refractivity contribution >= 4 is 23.1 Å². The Morgan fingerprint density at radius 3 is 2.70 bits per heavy atom. The third-order valence-electron chi connectivity index (χ3n) is 3.73. The number of ether oxygens (including phenoxy) is 3. The van der Waals surface area contributed by atoms with Crippen molar-refractivity contribution in [1.29, 1.82) is 0 Å². The Bertz CT molecular complexity index is 967. The van der Waals surface area contributed by atoms with E-state index < -0.39 is 5.97 Å². The molecule has 1 N–H and O–H groups in total. The fraction of sp³-hybridized carbons (Fsp3) is 0.211. The highest BCUT2D eigenvalue weighted by Crippen LogP contribution is 2.25. The van der Waals surface area contributed by atoms with Crippen LogP contribution in [0.3, 0.4) is 0 Å². The van der Waals surface area contributed by atoms with Crippen LogP contribution in [-0.2, 0) is 9.53 Å². The number of nitrogens with zero attached hydrogens (tertiary/aromatic N) is 2. The van der Waals surface area contributed by atoms with Crippen molar-refractivity contribution in [2.24, 2.45) is 0 Å². The summed E-state index contributed by atoms with van der Waals surface area (Å²) in [5, 5.41) is 6.83. The van der Waals surface area contributed by atoms with Crippen LogP contribution in [0, 0.1) is 0 Å². The normalized spacial score (nSPS) is 10.4. The van der Waals surface area contributed by atoms with Gasteiger partial charge in [-0.25, -0.2) is 9.31 Å². The van der Waals surface area contributed by atoms with Crippen LogP contribution in [0.1, 0.15) is 17.3 Å². The molecule has 2 heterocycles. The molecule has 2 aromatic heterocycles. The van der Waals surface area contributed by atoms with E-state index in [2.05, 4.69) is 10.4 Å².